The first-order valence-electron chi connectivity index (χ1n) is 6.16. The molecule has 3 rings (SSSR count). The van der Waals surface area contributed by atoms with Gasteiger partial charge < -0.3 is 8.94 Å². The molecule has 0 bridgehead atoms. The Labute approximate surface area is 123 Å². The number of hydrogen-bond acceptors (Lipinski definition) is 5. The standard InChI is InChI=1S/C13H13BrN4O2/c1-7-6-8(2)18(16-7)9(3)13-15-12(17-20-13)10-4-5-11(14)19-10/h4-6,9H,1-3H3/t9-/m0/s1. The van der Waals surface area contributed by atoms with Gasteiger partial charge in [0.25, 0.3) is 5.89 Å². The smallest absolute Gasteiger partial charge is 0.251 e. The molecule has 0 radical (unpaired) electrons. The van der Waals surface area contributed by atoms with Crippen molar-refractivity contribution in [2.75, 3.05) is 0 Å². The maximum atomic E-state index is 5.41. The van der Waals surface area contributed by atoms with Crippen LogP contribution in [0.2, 0.25) is 0 Å². The van der Waals surface area contributed by atoms with E-state index in [4.69, 9.17) is 8.94 Å². The molecule has 3 aromatic heterocycles. The summed E-state index contributed by atoms with van der Waals surface area (Å²) in [7, 11) is 0. The Bertz CT molecular complexity index is 743. The molecule has 0 unspecified atom stereocenters. The average molecular weight is 337 g/mol. The van der Waals surface area contributed by atoms with Crippen molar-refractivity contribution in [2.45, 2.75) is 26.8 Å². The zero-order valence-corrected chi connectivity index (χ0v) is 12.9. The molecule has 0 saturated heterocycles. The van der Waals surface area contributed by atoms with Crippen molar-refractivity contribution in [2.24, 2.45) is 0 Å². The summed E-state index contributed by atoms with van der Waals surface area (Å²) in [5.41, 5.74) is 2.01. The Kier molecular flexibility index (Phi) is 3.21. The zero-order chi connectivity index (χ0) is 14.3. The van der Waals surface area contributed by atoms with Crippen molar-refractivity contribution in [3.05, 3.63) is 40.1 Å². The Morgan fingerprint density at radius 2 is 2.10 bits per heavy atom. The van der Waals surface area contributed by atoms with Crippen LogP contribution in [0.4, 0.5) is 0 Å². The molecule has 0 aliphatic carbocycles. The van der Waals surface area contributed by atoms with E-state index in [2.05, 4.69) is 31.2 Å². The summed E-state index contributed by atoms with van der Waals surface area (Å²) in [6, 6.07) is 5.46. The minimum absolute atomic E-state index is 0.122. The molecule has 20 heavy (non-hydrogen) atoms. The summed E-state index contributed by atoms with van der Waals surface area (Å²) in [5, 5.41) is 8.37. The van der Waals surface area contributed by atoms with Crippen LogP contribution in [-0.2, 0) is 0 Å². The molecule has 3 heterocycles. The van der Waals surface area contributed by atoms with E-state index in [9.17, 15) is 0 Å². The maximum absolute atomic E-state index is 5.41. The molecular formula is C13H13BrN4O2. The molecule has 7 heteroatoms. The lowest BCUT2D eigenvalue weighted by atomic mass is 10.3. The van der Waals surface area contributed by atoms with E-state index in [0.29, 0.717) is 22.1 Å². The van der Waals surface area contributed by atoms with Gasteiger partial charge in [-0.2, -0.15) is 10.1 Å². The minimum Gasteiger partial charge on any atom is -0.446 e. The number of hydrogen-bond donors (Lipinski definition) is 0. The lowest BCUT2D eigenvalue weighted by Crippen LogP contribution is -2.10. The summed E-state index contributed by atoms with van der Waals surface area (Å²) in [5.74, 6) is 1.49. The fraction of sp³-hybridized carbons (Fsp3) is 0.308. The van der Waals surface area contributed by atoms with Crippen LogP contribution < -0.4 is 0 Å². The van der Waals surface area contributed by atoms with Crippen LogP contribution in [0.25, 0.3) is 11.6 Å². The summed E-state index contributed by atoms with van der Waals surface area (Å²) >= 11 is 3.25. The third-order valence-corrected chi connectivity index (χ3v) is 3.43. The van der Waals surface area contributed by atoms with Gasteiger partial charge >= 0.3 is 0 Å². The Morgan fingerprint density at radius 1 is 1.30 bits per heavy atom. The molecule has 3 aromatic rings. The highest BCUT2D eigenvalue weighted by Crippen LogP contribution is 2.25. The van der Waals surface area contributed by atoms with Gasteiger partial charge in [0.05, 0.1) is 5.69 Å². The monoisotopic (exact) mass is 336 g/mol. The number of aryl methyl sites for hydroxylation is 2. The number of furan rings is 1. The zero-order valence-electron chi connectivity index (χ0n) is 11.3. The number of rotatable bonds is 3. The second-order valence-corrected chi connectivity index (χ2v) is 5.39. The van der Waals surface area contributed by atoms with E-state index in [1.165, 1.54) is 0 Å². The average Bonchev–Trinajstić information content (AvgIpc) is 3.08. The maximum Gasteiger partial charge on any atom is 0.251 e. The molecule has 0 aliphatic rings. The van der Waals surface area contributed by atoms with Crippen LogP contribution in [0, 0.1) is 13.8 Å². The predicted molar refractivity (Wildman–Crippen MR) is 75.2 cm³/mol. The van der Waals surface area contributed by atoms with Crippen LogP contribution in [0.3, 0.4) is 0 Å². The third kappa shape index (κ3) is 2.29. The molecule has 0 N–H and O–H groups in total. The molecule has 0 aromatic carbocycles. The minimum atomic E-state index is -0.122. The Morgan fingerprint density at radius 3 is 2.70 bits per heavy atom. The SMILES string of the molecule is Cc1cc(C)n([C@@H](C)c2nc(-c3ccc(Br)o3)no2)n1. The molecular weight excluding hydrogens is 324 g/mol. The molecule has 0 fully saturated rings. The fourth-order valence-corrected chi connectivity index (χ4v) is 2.39. The van der Waals surface area contributed by atoms with Crippen LogP contribution in [0.1, 0.15) is 30.2 Å². The normalized spacial score (nSPS) is 12.8. The van der Waals surface area contributed by atoms with Crippen LogP contribution in [-0.4, -0.2) is 19.9 Å². The summed E-state index contributed by atoms with van der Waals surface area (Å²) in [6.07, 6.45) is 0. The molecule has 0 spiro atoms. The van der Waals surface area contributed by atoms with Gasteiger partial charge in [0, 0.05) is 5.69 Å². The van der Waals surface area contributed by atoms with Crippen molar-refractivity contribution in [1.82, 2.24) is 19.9 Å². The van der Waals surface area contributed by atoms with Gasteiger partial charge in [-0.05, 0) is 54.9 Å². The number of nitrogens with zero attached hydrogens (tertiary/aromatic N) is 4. The first-order valence-corrected chi connectivity index (χ1v) is 6.96. The quantitative estimate of drug-likeness (QED) is 0.731. The first-order chi connectivity index (χ1) is 9.54. The lowest BCUT2D eigenvalue weighted by molar-refractivity contribution is 0.333. The molecule has 1 atom stereocenters. The topological polar surface area (TPSA) is 69.9 Å². The van der Waals surface area contributed by atoms with Gasteiger partial charge in [0.15, 0.2) is 10.4 Å². The van der Waals surface area contributed by atoms with Gasteiger partial charge in [0.2, 0.25) is 5.82 Å². The van der Waals surface area contributed by atoms with Crippen molar-refractivity contribution in [3.8, 4) is 11.6 Å². The second-order valence-electron chi connectivity index (χ2n) is 4.61. The Balaban J connectivity index is 1.92. The van der Waals surface area contributed by atoms with E-state index in [-0.39, 0.29) is 6.04 Å². The first kappa shape index (κ1) is 13.1. The van der Waals surface area contributed by atoms with E-state index >= 15 is 0 Å². The van der Waals surface area contributed by atoms with Crippen molar-refractivity contribution < 1.29 is 8.94 Å². The summed E-state index contributed by atoms with van der Waals surface area (Å²) in [6.45, 7) is 5.92. The Hall–Kier alpha value is -1.89. The van der Waals surface area contributed by atoms with Crippen LogP contribution >= 0.6 is 15.9 Å². The van der Waals surface area contributed by atoms with Crippen LogP contribution in [0.15, 0.2) is 31.8 Å². The highest BCUT2D eigenvalue weighted by molar-refractivity contribution is 9.10. The molecule has 6 nitrogen and oxygen atoms in total. The number of aromatic nitrogens is 4. The van der Waals surface area contributed by atoms with Gasteiger partial charge in [-0.3, -0.25) is 4.68 Å². The van der Waals surface area contributed by atoms with E-state index in [0.717, 1.165) is 11.4 Å². The van der Waals surface area contributed by atoms with E-state index in [1.807, 2.05) is 31.5 Å². The number of halogens is 1. The molecule has 104 valence electrons. The fourth-order valence-electron chi connectivity index (χ4n) is 2.08. The van der Waals surface area contributed by atoms with E-state index in [1.54, 1.807) is 12.1 Å². The van der Waals surface area contributed by atoms with Gasteiger partial charge in [-0.15, -0.1) is 0 Å². The third-order valence-electron chi connectivity index (χ3n) is 3.00. The highest BCUT2D eigenvalue weighted by atomic mass is 79.9. The van der Waals surface area contributed by atoms with Crippen molar-refractivity contribution in [3.63, 3.8) is 0 Å². The van der Waals surface area contributed by atoms with Gasteiger partial charge in [-0.25, -0.2) is 0 Å². The lowest BCUT2D eigenvalue weighted by Gasteiger charge is -2.08. The van der Waals surface area contributed by atoms with Crippen molar-refractivity contribution in [1.29, 1.82) is 0 Å². The van der Waals surface area contributed by atoms with E-state index < -0.39 is 0 Å². The molecule has 0 saturated carbocycles. The van der Waals surface area contributed by atoms with Crippen molar-refractivity contribution >= 4 is 15.9 Å². The van der Waals surface area contributed by atoms with Crippen LogP contribution in [0.5, 0.6) is 0 Å². The molecule has 0 amide bonds. The summed E-state index contributed by atoms with van der Waals surface area (Å²) < 4.78 is 13.2. The van der Waals surface area contributed by atoms with Gasteiger partial charge in [0.1, 0.15) is 6.04 Å². The predicted octanol–water partition coefficient (Wildman–Crippen LogP) is 3.51. The highest BCUT2D eigenvalue weighted by Gasteiger charge is 2.20. The van der Waals surface area contributed by atoms with Gasteiger partial charge in [-0.1, -0.05) is 5.16 Å². The second kappa shape index (κ2) is 4.90. The largest absolute Gasteiger partial charge is 0.446 e. The molecule has 0 aliphatic heterocycles. The summed E-state index contributed by atoms with van der Waals surface area (Å²) in [4.78, 5) is 4.37.